The van der Waals surface area contributed by atoms with Crippen molar-refractivity contribution in [3.63, 3.8) is 0 Å². The van der Waals surface area contributed by atoms with Crippen molar-refractivity contribution in [2.24, 2.45) is 0 Å². The van der Waals surface area contributed by atoms with E-state index in [2.05, 4.69) is 132 Å². The van der Waals surface area contributed by atoms with Crippen LogP contribution in [0.15, 0.2) is 127 Å². The molecule has 1 aliphatic carbocycles. The van der Waals surface area contributed by atoms with Crippen LogP contribution in [0.1, 0.15) is 11.1 Å². The molecule has 1 aromatic heterocycles. The molecule has 168 valence electrons. The summed E-state index contributed by atoms with van der Waals surface area (Å²) in [7, 11) is 0. The van der Waals surface area contributed by atoms with E-state index in [9.17, 15) is 0 Å². The molecule has 0 bridgehead atoms. The minimum absolute atomic E-state index is 1.03. The molecule has 0 saturated heterocycles. The highest BCUT2D eigenvalue weighted by atomic mass is 15.0. The maximum atomic E-state index is 2.40. The van der Waals surface area contributed by atoms with Crippen LogP contribution >= 0.6 is 0 Å². The quantitative estimate of drug-likeness (QED) is 0.244. The van der Waals surface area contributed by atoms with Crippen molar-refractivity contribution in [3.8, 4) is 27.9 Å². The van der Waals surface area contributed by atoms with Crippen molar-refractivity contribution in [1.82, 2.24) is 4.57 Å². The van der Waals surface area contributed by atoms with Crippen molar-refractivity contribution in [1.29, 1.82) is 0 Å². The lowest BCUT2D eigenvalue weighted by atomic mass is 9.97. The first-order valence-electron chi connectivity index (χ1n) is 12.6. The molecule has 0 atom stereocenters. The van der Waals surface area contributed by atoms with Gasteiger partial charge in [0.2, 0.25) is 0 Å². The molecule has 0 fully saturated rings. The first-order valence-corrected chi connectivity index (χ1v) is 12.6. The van der Waals surface area contributed by atoms with Crippen LogP contribution in [-0.4, -0.2) is 4.57 Å². The second-order valence-corrected chi connectivity index (χ2v) is 9.82. The summed E-state index contributed by atoms with van der Waals surface area (Å²) in [6, 6.07) is 46.8. The van der Waals surface area contributed by atoms with Crippen molar-refractivity contribution >= 4 is 32.6 Å². The van der Waals surface area contributed by atoms with E-state index in [1.54, 1.807) is 0 Å². The summed E-state index contributed by atoms with van der Waals surface area (Å²) in [6.07, 6.45) is 1.03. The smallest absolute Gasteiger partial charge is 0.0541 e. The third-order valence-electron chi connectivity index (χ3n) is 7.80. The number of para-hydroxylation sites is 1. The van der Waals surface area contributed by atoms with E-state index in [0.29, 0.717) is 0 Å². The number of benzene rings is 6. The van der Waals surface area contributed by atoms with E-state index in [4.69, 9.17) is 0 Å². The number of fused-ring (bicyclic) bond motifs is 7. The standard InChI is InChI=1S/C35H23N/c1-2-8-24-20-29(17-15-23(24)7-1)36-34-12-6-5-11-31(34)33-22-26(16-18-35(33)36)25-13-14-28-19-27-9-3-4-10-30(27)32(28)21-25/h1-18,20-22H,19H2. The van der Waals surface area contributed by atoms with Crippen LogP contribution in [0.4, 0.5) is 0 Å². The fourth-order valence-corrected chi connectivity index (χ4v) is 6.05. The summed E-state index contributed by atoms with van der Waals surface area (Å²) < 4.78 is 2.40. The largest absolute Gasteiger partial charge is 0.309 e. The number of hydrogen-bond acceptors (Lipinski definition) is 0. The lowest BCUT2D eigenvalue weighted by molar-refractivity contribution is 1.19. The summed E-state index contributed by atoms with van der Waals surface area (Å²) in [6.45, 7) is 0. The zero-order chi connectivity index (χ0) is 23.6. The highest BCUT2D eigenvalue weighted by molar-refractivity contribution is 6.10. The van der Waals surface area contributed by atoms with Gasteiger partial charge in [0.25, 0.3) is 0 Å². The summed E-state index contributed by atoms with van der Waals surface area (Å²) in [5.74, 6) is 0. The fourth-order valence-electron chi connectivity index (χ4n) is 6.05. The summed E-state index contributed by atoms with van der Waals surface area (Å²) >= 11 is 0. The van der Waals surface area contributed by atoms with Crippen LogP contribution in [0.3, 0.4) is 0 Å². The lowest BCUT2D eigenvalue weighted by Gasteiger charge is -2.10. The summed E-state index contributed by atoms with van der Waals surface area (Å²) in [5, 5.41) is 5.10. The fraction of sp³-hybridized carbons (Fsp3) is 0.0286. The Morgan fingerprint density at radius 1 is 0.444 bits per heavy atom. The molecule has 0 radical (unpaired) electrons. The molecule has 6 aromatic carbocycles. The SMILES string of the molecule is c1ccc2c(c1)Cc1ccc(-c3ccc4c(c3)c3ccccc3n4-c3ccc4ccccc4c3)cc1-2. The maximum absolute atomic E-state index is 2.40. The molecule has 0 aliphatic heterocycles. The van der Waals surface area contributed by atoms with Gasteiger partial charge in [-0.2, -0.15) is 0 Å². The van der Waals surface area contributed by atoms with Gasteiger partial charge in [-0.1, -0.05) is 91.0 Å². The number of rotatable bonds is 2. The van der Waals surface area contributed by atoms with Crippen LogP contribution < -0.4 is 0 Å². The molecule has 1 heterocycles. The highest BCUT2D eigenvalue weighted by Crippen LogP contribution is 2.40. The van der Waals surface area contributed by atoms with Gasteiger partial charge in [0, 0.05) is 16.5 Å². The van der Waals surface area contributed by atoms with Crippen molar-refractivity contribution in [2.75, 3.05) is 0 Å². The average molecular weight is 458 g/mol. The zero-order valence-electron chi connectivity index (χ0n) is 19.8. The molecular formula is C35H23N. The Hall–Kier alpha value is -4.62. The highest BCUT2D eigenvalue weighted by Gasteiger charge is 2.19. The topological polar surface area (TPSA) is 4.93 Å². The average Bonchev–Trinajstić information content (AvgIpc) is 3.48. The van der Waals surface area contributed by atoms with Gasteiger partial charge >= 0.3 is 0 Å². The zero-order valence-corrected chi connectivity index (χ0v) is 19.8. The van der Waals surface area contributed by atoms with Crippen LogP contribution in [0.2, 0.25) is 0 Å². The molecule has 8 rings (SSSR count). The van der Waals surface area contributed by atoms with E-state index in [-0.39, 0.29) is 0 Å². The van der Waals surface area contributed by atoms with Gasteiger partial charge in [-0.25, -0.2) is 0 Å². The van der Waals surface area contributed by atoms with Gasteiger partial charge in [-0.05, 0) is 87.0 Å². The van der Waals surface area contributed by atoms with E-state index in [1.807, 2.05) is 0 Å². The molecule has 0 amide bonds. The molecule has 0 unspecified atom stereocenters. The Morgan fingerprint density at radius 2 is 1.17 bits per heavy atom. The third kappa shape index (κ3) is 2.83. The van der Waals surface area contributed by atoms with E-state index < -0.39 is 0 Å². The Labute approximate surface area is 209 Å². The van der Waals surface area contributed by atoms with E-state index in [0.717, 1.165) is 6.42 Å². The summed E-state index contributed by atoms with van der Waals surface area (Å²) in [4.78, 5) is 0. The van der Waals surface area contributed by atoms with E-state index >= 15 is 0 Å². The van der Waals surface area contributed by atoms with Gasteiger partial charge in [0.1, 0.15) is 0 Å². The predicted molar refractivity (Wildman–Crippen MR) is 152 cm³/mol. The van der Waals surface area contributed by atoms with Crippen molar-refractivity contribution in [2.45, 2.75) is 6.42 Å². The van der Waals surface area contributed by atoms with Gasteiger partial charge in [-0.15, -0.1) is 0 Å². The Bertz CT molecular complexity index is 1970. The van der Waals surface area contributed by atoms with Gasteiger partial charge in [0.15, 0.2) is 0 Å². The van der Waals surface area contributed by atoms with Gasteiger partial charge in [0.05, 0.1) is 11.0 Å². The second kappa shape index (κ2) is 7.44. The minimum Gasteiger partial charge on any atom is -0.309 e. The molecule has 1 heteroatoms. The Balaban J connectivity index is 1.33. The Morgan fingerprint density at radius 3 is 2.14 bits per heavy atom. The number of hydrogen-bond donors (Lipinski definition) is 0. The molecule has 0 N–H and O–H groups in total. The minimum atomic E-state index is 1.03. The Kier molecular flexibility index (Phi) is 4.06. The normalized spacial score (nSPS) is 12.3. The monoisotopic (exact) mass is 457 g/mol. The predicted octanol–water partition coefficient (Wildman–Crippen LogP) is 9.18. The molecule has 0 saturated carbocycles. The third-order valence-corrected chi connectivity index (χ3v) is 7.80. The molecule has 36 heavy (non-hydrogen) atoms. The van der Waals surface area contributed by atoms with E-state index in [1.165, 1.54) is 71.6 Å². The summed E-state index contributed by atoms with van der Waals surface area (Å²) in [5.41, 5.74) is 11.8. The van der Waals surface area contributed by atoms with Gasteiger partial charge < -0.3 is 4.57 Å². The second-order valence-electron chi connectivity index (χ2n) is 9.82. The molecule has 1 nitrogen and oxygen atoms in total. The molecular weight excluding hydrogens is 434 g/mol. The lowest BCUT2D eigenvalue weighted by Crippen LogP contribution is -1.93. The molecule has 1 aliphatic rings. The van der Waals surface area contributed by atoms with Crippen LogP contribution in [0.25, 0.3) is 60.5 Å². The van der Waals surface area contributed by atoms with Gasteiger partial charge in [-0.3, -0.25) is 0 Å². The number of nitrogens with zero attached hydrogens (tertiary/aromatic N) is 1. The van der Waals surface area contributed by atoms with Crippen LogP contribution in [0, 0.1) is 0 Å². The molecule has 7 aromatic rings. The first-order chi connectivity index (χ1) is 17.8. The number of aromatic nitrogens is 1. The maximum Gasteiger partial charge on any atom is 0.0541 e. The van der Waals surface area contributed by atoms with Crippen molar-refractivity contribution in [3.05, 3.63) is 139 Å². The van der Waals surface area contributed by atoms with Crippen molar-refractivity contribution < 1.29 is 0 Å². The molecule has 0 spiro atoms. The first kappa shape index (κ1) is 19.7. The van der Waals surface area contributed by atoms with Crippen LogP contribution in [-0.2, 0) is 6.42 Å². The van der Waals surface area contributed by atoms with Crippen LogP contribution in [0.5, 0.6) is 0 Å².